The van der Waals surface area contributed by atoms with Crippen molar-refractivity contribution in [1.29, 1.82) is 0 Å². The molecule has 7 nitrogen and oxygen atoms in total. The van der Waals surface area contributed by atoms with Crippen molar-refractivity contribution in [2.24, 2.45) is 7.05 Å². The normalized spacial score (nSPS) is 12.2. The molecular weight excluding hydrogens is 226 g/mol. The van der Waals surface area contributed by atoms with Crippen molar-refractivity contribution in [3.05, 3.63) is 28.1 Å². The number of aromatic nitrogens is 1. The van der Waals surface area contributed by atoms with Gasteiger partial charge in [-0.25, -0.2) is 0 Å². The molecular formula is C10H15N3O4. The predicted octanol–water partition coefficient (Wildman–Crippen LogP) is 0.434. The summed E-state index contributed by atoms with van der Waals surface area (Å²) in [5, 5.41) is 22.3. The maximum Gasteiger partial charge on any atom is 0.287 e. The zero-order chi connectivity index (χ0) is 13.0. The van der Waals surface area contributed by atoms with Gasteiger partial charge in [0, 0.05) is 19.7 Å². The second kappa shape index (κ2) is 5.44. The van der Waals surface area contributed by atoms with Crippen LogP contribution in [-0.4, -0.2) is 33.2 Å². The molecule has 7 heteroatoms. The van der Waals surface area contributed by atoms with Crippen LogP contribution in [0.15, 0.2) is 12.3 Å². The molecule has 1 aromatic heterocycles. The molecule has 0 saturated heterocycles. The monoisotopic (exact) mass is 241 g/mol. The lowest BCUT2D eigenvalue weighted by Crippen LogP contribution is -2.32. The fourth-order valence-electron chi connectivity index (χ4n) is 1.32. The van der Waals surface area contributed by atoms with Crippen molar-refractivity contribution in [3.63, 3.8) is 0 Å². The number of aryl methyl sites for hydroxylation is 1. The van der Waals surface area contributed by atoms with Gasteiger partial charge in [-0.15, -0.1) is 0 Å². The van der Waals surface area contributed by atoms with Crippen molar-refractivity contribution < 1.29 is 14.8 Å². The minimum atomic E-state index is -0.603. The Hall–Kier alpha value is -1.89. The number of amides is 1. The lowest BCUT2D eigenvalue weighted by atomic mass is 10.3. The third-order valence-electron chi connectivity index (χ3n) is 2.40. The topological polar surface area (TPSA) is 97.4 Å². The van der Waals surface area contributed by atoms with Gasteiger partial charge in [-0.3, -0.25) is 14.9 Å². The Kier molecular flexibility index (Phi) is 4.22. The first-order valence-electron chi connectivity index (χ1n) is 5.22. The molecule has 94 valence electrons. The second-order valence-electron chi connectivity index (χ2n) is 3.72. The average molecular weight is 241 g/mol. The molecule has 0 aliphatic rings. The molecule has 17 heavy (non-hydrogen) atoms. The number of carbonyl (C=O) groups is 1. The van der Waals surface area contributed by atoms with Crippen LogP contribution in [-0.2, 0) is 7.05 Å². The molecule has 0 radical (unpaired) electrons. The lowest BCUT2D eigenvalue weighted by Gasteiger charge is -2.09. The maximum absolute atomic E-state index is 11.7. The van der Waals surface area contributed by atoms with Crippen LogP contribution >= 0.6 is 0 Å². The highest BCUT2D eigenvalue weighted by molar-refractivity contribution is 5.93. The van der Waals surface area contributed by atoms with Crippen molar-refractivity contribution >= 4 is 11.6 Å². The summed E-state index contributed by atoms with van der Waals surface area (Å²) in [6, 6.07) is 1.20. The molecule has 1 unspecified atom stereocenters. The lowest BCUT2D eigenvalue weighted by molar-refractivity contribution is -0.384. The van der Waals surface area contributed by atoms with Gasteiger partial charge in [-0.1, -0.05) is 6.92 Å². The highest BCUT2D eigenvalue weighted by Gasteiger charge is 2.17. The van der Waals surface area contributed by atoms with E-state index in [2.05, 4.69) is 5.32 Å². The van der Waals surface area contributed by atoms with Crippen LogP contribution in [0.4, 0.5) is 5.69 Å². The van der Waals surface area contributed by atoms with Crippen molar-refractivity contribution in [3.8, 4) is 0 Å². The van der Waals surface area contributed by atoms with Gasteiger partial charge in [0.1, 0.15) is 5.69 Å². The Morgan fingerprint density at radius 2 is 2.35 bits per heavy atom. The summed E-state index contributed by atoms with van der Waals surface area (Å²) in [4.78, 5) is 21.6. The fraction of sp³-hybridized carbons (Fsp3) is 0.500. The van der Waals surface area contributed by atoms with E-state index >= 15 is 0 Å². The van der Waals surface area contributed by atoms with Gasteiger partial charge in [0.15, 0.2) is 0 Å². The van der Waals surface area contributed by atoms with E-state index in [0.717, 1.165) is 0 Å². The van der Waals surface area contributed by atoms with Gasteiger partial charge in [-0.05, 0) is 6.42 Å². The zero-order valence-electron chi connectivity index (χ0n) is 9.71. The number of nitro groups is 1. The fourth-order valence-corrected chi connectivity index (χ4v) is 1.32. The number of nitrogens with zero attached hydrogens (tertiary/aromatic N) is 2. The van der Waals surface area contributed by atoms with E-state index in [1.807, 2.05) is 0 Å². The Morgan fingerprint density at radius 1 is 1.71 bits per heavy atom. The first kappa shape index (κ1) is 13.2. The van der Waals surface area contributed by atoms with E-state index in [-0.39, 0.29) is 17.9 Å². The molecule has 0 bridgehead atoms. The van der Waals surface area contributed by atoms with Gasteiger partial charge in [-0.2, -0.15) is 0 Å². The number of aliphatic hydroxyl groups excluding tert-OH is 1. The number of carbonyl (C=O) groups excluding carboxylic acids is 1. The number of nitrogens with one attached hydrogen (secondary N) is 1. The van der Waals surface area contributed by atoms with Crippen LogP contribution in [0.1, 0.15) is 23.8 Å². The van der Waals surface area contributed by atoms with Crippen LogP contribution < -0.4 is 5.32 Å². The third-order valence-corrected chi connectivity index (χ3v) is 2.40. The molecule has 0 fully saturated rings. The van der Waals surface area contributed by atoms with Gasteiger partial charge in [0.25, 0.3) is 11.6 Å². The minimum Gasteiger partial charge on any atom is -0.391 e. The van der Waals surface area contributed by atoms with Gasteiger partial charge >= 0.3 is 0 Å². The Labute approximate surface area is 98.2 Å². The van der Waals surface area contributed by atoms with E-state index in [1.165, 1.54) is 16.8 Å². The second-order valence-corrected chi connectivity index (χ2v) is 3.72. The molecule has 1 rings (SSSR count). The van der Waals surface area contributed by atoms with Crippen LogP contribution in [0, 0.1) is 10.1 Å². The highest BCUT2D eigenvalue weighted by atomic mass is 16.6. The molecule has 0 spiro atoms. The Bertz CT molecular complexity index is 427. The quantitative estimate of drug-likeness (QED) is 0.577. The largest absolute Gasteiger partial charge is 0.391 e. The van der Waals surface area contributed by atoms with Gasteiger partial charge in [0.05, 0.1) is 17.2 Å². The van der Waals surface area contributed by atoms with E-state index in [9.17, 15) is 20.0 Å². The zero-order valence-corrected chi connectivity index (χ0v) is 9.71. The molecule has 0 saturated carbocycles. The summed E-state index contributed by atoms with van der Waals surface area (Å²) in [6.45, 7) is 1.93. The summed E-state index contributed by atoms with van der Waals surface area (Å²) in [5.74, 6) is -0.437. The first-order chi connectivity index (χ1) is 7.95. The summed E-state index contributed by atoms with van der Waals surface area (Å²) in [6.07, 6.45) is 1.20. The van der Waals surface area contributed by atoms with E-state index in [4.69, 9.17) is 0 Å². The van der Waals surface area contributed by atoms with E-state index < -0.39 is 16.9 Å². The number of rotatable bonds is 5. The molecule has 0 aliphatic carbocycles. The molecule has 1 amide bonds. The van der Waals surface area contributed by atoms with E-state index in [1.54, 1.807) is 14.0 Å². The smallest absolute Gasteiger partial charge is 0.287 e. The predicted molar refractivity (Wildman–Crippen MR) is 60.7 cm³/mol. The number of aliphatic hydroxyl groups is 1. The first-order valence-corrected chi connectivity index (χ1v) is 5.22. The molecule has 0 aliphatic heterocycles. The van der Waals surface area contributed by atoms with Gasteiger partial charge < -0.3 is 15.0 Å². The van der Waals surface area contributed by atoms with Crippen molar-refractivity contribution in [2.45, 2.75) is 19.4 Å². The van der Waals surface area contributed by atoms with Gasteiger partial charge in [0.2, 0.25) is 0 Å². The van der Waals surface area contributed by atoms with Crippen molar-refractivity contribution in [1.82, 2.24) is 9.88 Å². The molecule has 1 aromatic rings. The minimum absolute atomic E-state index is 0.131. The third kappa shape index (κ3) is 3.28. The molecule has 2 N–H and O–H groups in total. The van der Waals surface area contributed by atoms with E-state index in [0.29, 0.717) is 6.42 Å². The van der Waals surface area contributed by atoms with Crippen LogP contribution in [0.25, 0.3) is 0 Å². The number of hydrogen-bond acceptors (Lipinski definition) is 4. The summed E-state index contributed by atoms with van der Waals surface area (Å²) < 4.78 is 1.38. The molecule has 1 heterocycles. The summed E-state index contributed by atoms with van der Waals surface area (Å²) in [7, 11) is 1.55. The summed E-state index contributed by atoms with van der Waals surface area (Å²) >= 11 is 0. The SMILES string of the molecule is CCC(O)CNC(=O)c1cc([N+](=O)[O-])cn1C. The van der Waals surface area contributed by atoms with Crippen LogP contribution in [0.2, 0.25) is 0 Å². The molecule has 0 aromatic carbocycles. The van der Waals surface area contributed by atoms with Crippen LogP contribution in [0.3, 0.4) is 0 Å². The summed E-state index contributed by atoms with van der Waals surface area (Å²) in [5.41, 5.74) is 0.0636. The molecule has 1 atom stereocenters. The average Bonchev–Trinajstić information content (AvgIpc) is 2.68. The Morgan fingerprint density at radius 3 is 2.82 bits per heavy atom. The maximum atomic E-state index is 11.7. The Balaban J connectivity index is 2.72. The highest BCUT2D eigenvalue weighted by Crippen LogP contribution is 2.14. The standard InChI is InChI=1S/C10H15N3O4/c1-3-8(14)5-11-10(15)9-4-7(13(16)17)6-12(9)2/h4,6,8,14H,3,5H2,1-2H3,(H,11,15). The van der Waals surface area contributed by atoms with Crippen molar-refractivity contribution in [2.75, 3.05) is 6.54 Å². The van der Waals surface area contributed by atoms with Crippen LogP contribution in [0.5, 0.6) is 0 Å². The number of hydrogen-bond donors (Lipinski definition) is 2.